The van der Waals surface area contributed by atoms with Crippen molar-refractivity contribution in [2.24, 2.45) is 5.73 Å². The summed E-state index contributed by atoms with van der Waals surface area (Å²) in [4.78, 5) is 24.8. The maximum Gasteiger partial charge on any atom is 0.337 e. The summed E-state index contributed by atoms with van der Waals surface area (Å²) >= 11 is 0. The van der Waals surface area contributed by atoms with Crippen molar-refractivity contribution < 1.29 is 14.6 Å². The number of rotatable bonds is 10. The maximum atomic E-state index is 11.9. The van der Waals surface area contributed by atoms with Crippen LogP contribution < -0.4 is 11.1 Å². The van der Waals surface area contributed by atoms with Crippen LogP contribution in [0.4, 0.5) is 5.82 Å². The summed E-state index contributed by atoms with van der Waals surface area (Å²) in [5, 5.41) is 13.3. The molecular weight excluding hydrogens is 406 g/mol. The number of nitrogens with two attached hydrogens (primary N) is 1. The van der Waals surface area contributed by atoms with Gasteiger partial charge in [-0.3, -0.25) is 0 Å². The minimum absolute atomic E-state index is 0.0721. The van der Waals surface area contributed by atoms with E-state index in [0.717, 1.165) is 48.3 Å². The molecule has 1 fully saturated rings. The van der Waals surface area contributed by atoms with Crippen LogP contribution in [0.2, 0.25) is 0 Å². The number of hydrogen-bond acceptors (Lipinski definition) is 6. The molecule has 4 rings (SSSR count). The lowest BCUT2D eigenvalue weighted by atomic mass is 10.1. The summed E-state index contributed by atoms with van der Waals surface area (Å²) in [5.41, 5.74) is 10.7. The van der Waals surface area contributed by atoms with Crippen LogP contribution in [0.15, 0.2) is 24.3 Å². The van der Waals surface area contributed by atoms with Crippen LogP contribution in [0.3, 0.4) is 0 Å². The highest BCUT2D eigenvalue weighted by molar-refractivity contribution is 5.95. The molecule has 1 aliphatic rings. The van der Waals surface area contributed by atoms with Gasteiger partial charge in [-0.15, -0.1) is 0 Å². The molecule has 1 atom stereocenters. The molecule has 5 N–H and O–H groups in total. The molecule has 0 radical (unpaired) electrons. The number of fused-ring (bicyclic) bond motifs is 1. The fourth-order valence-electron chi connectivity index (χ4n) is 3.72. The van der Waals surface area contributed by atoms with E-state index in [-0.39, 0.29) is 17.7 Å². The number of carboxylic acid groups (broad SMARTS) is 1. The molecule has 8 nitrogen and oxygen atoms in total. The van der Waals surface area contributed by atoms with Crippen LogP contribution in [0, 0.1) is 6.92 Å². The standard InChI is InChI=1S/C24H31N5O3/c1-4-5-11-32-13-17(25)20-16(23(30)31)12-19(27-20)15-7-6-8-18-21(15)28-22(14(2)26-18)29-24(3)9-10-24/h6-8,12,17,27H,4-5,9-11,13,25H2,1-3H3,(H,28,29)(H,30,31). The Kier molecular flexibility index (Phi) is 6.17. The van der Waals surface area contributed by atoms with Crippen molar-refractivity contribution in [1.29, 1.82) is 0 Å². The van der Waals surface area contributed by atoms with E-state index in [4.69, 9.17) is 20.4 Å². The lowest BCUT2D eigenvalue weighted by Gasteiger charge is -2.15. The number of H-pyrrole nitrogens is 1. The molecule has 0 bridgehead atoms. The van der Waals surface area contributed by atoms with E-state index in [0.29, 0.717) is 23.5 Å². The molecule has 1 aromatic carbocycles. The summed E-state index contributed by atoms with van der Waals surface area (Å²) < 4.78 is 5.62. The number of carboxylic acids is 1. The first-order chi connectivity index (χ1) is 15.3. The number of aromatic carboxylic acids is 1. The van der Waals surface area contributed by atoms with Crippen LogP contribution in [0.1, 0.15) is 67.3 Å². The molecule has 1 saturated carbocycles. The normalized spacial score (nSPS) is 15.6. The van der Waals surface area contributed by atoms with Gasteiger partial charge in [-0.1, -0.05) is 25.5 Å². The topological polar surface area (TPSA) is 126 Å². The van der Waals surface area contributed by atoms with Crippen LogP contribution in [0.25, 0.3) is 22.3 Å². The Morgan fingerprint density at radius 1 is 1.38 bits per heavy atom. The molecule has 0 spiro atoms. The molecule has 0 aliphatic heterocycles. The van der Waals surface area contributed by atoms with Gasteiger partial charge < -0.3 is 25.9 Å². The second-order valence-electron chi connectivity index (χ2n) is 8.87. The Balaban J connectivity index is 1.71. The third-order valence-corrected chi connectivity index (χ3v) is 5.97. The molecule has 2 heterocycles. The van der Waals surface area contributed by atoms with Gasteiger partial charge in [0.15, 0.2) is 0 Å². The Hall–Kier alpha value is -2.97. The number of ether oxygens (including phenoxy) is 1. The van der Waals surface area contributed by atoms with Crippen molar-refractivity contribution in [3.8, 4) is 11.3 Å². The van der Waals surface area contributed by atoms with E-state index >= 15 is 0 Å². The van der Waals surface area contributed by atoms with Gasteiger partial charge in [-0.2, -0.15) is 0 Å². The quantitative estimate of drug-likeness (QED) is 0.346. The Labute approximate surface area is 187 Å². The van der Waals surface area contributed by atoms with Gasteiger partial charge in [-0.25, -0.2) is 14.8 Å². The smallest absolute Gasteiger partial charge is 0.337 e. The van der Waals surface area contributed by atoms with E-state index in [1.807, 2.05) is 25.1 Å². The van der Waals surface area contributed by atoms with Crippen LogP contribution in [-0.2, 0) is 4.74 Å². The van der Waals surface area contributed by atoms with Crippen molar-refractivity contribution in [2.75, 3.05) is 18.5 Å². The summed E-state index contributed by atoms with van der Waals surface area (Å²) in [5.74, 6) is -0.270. The highest BCUT2D eigenvalue weighted by Crippen LogP contribution is 2.39. The fourth-order valence-corrected chi connectivity index (χ4v) is 3.72. The molecular formula is C24H31N5O3. The van der Waals surface area contributed by atoms with Gasteiger partial charge in [0, 0.05) is 29.1 Å². The fraction of sp³-hybridized carbons (Fsp3) is 0.458. The number of aromatic amines is 1. The first-order valence-electron chi connectivity index (χ1n) is 11.2. The number of carbonyl (C=O) groups is 1. The molecule has 1 aliphatic carbocycles. The number of hydrogen-bond donors (Lipinski definition) is 4. The van der Waals surface area contributed by atoms with Crippen molar-refractivity contribution in [1.82, 2.24) is 15.0 Å². The molecule has 0 saturated heterocycles. The number of nitrogens with zero attached hydrogens (tertiary/aromatic N) is 2. The Morgan fingerprint density at radius 2 is 2.16 bits per heavy atom. The lowest BCUT2D eigenvalue weighted by molar-refractivity contribution is 0.0693. The maximum absolute atomic E-state index is 11.9. The average molecular weight is 438 g/mol. The van der Waals surface area contributed by atoms with E-state index in [2.05, 4.69) is 24.1 Å². The van der Waals surface area contributed by atoms with Crippen LogP contribution in [0.5, 0.6) is 0 Å². The van der Waals surface area contributed by atoms with Crippen molar-refractivity contribution >= 4 is 22.8 Å². The lowest BCUT2D eigenvalue weighted by Crippen LogP contribution is -2.20. The van der Waals surface area contributed by atoms with Gasteiger partial charge in [0.25, 0.3) is 0 Å². The predicted octanol–water partition coefficient (Wildman–Crippen LogP) is 4.41. The summed E-state index contributed by atoms with van der Waals surface area (Å²) in [6.45, 7) is 7.06. The molecule has 32 heavy (non-hydrogen) atoms. The molecule has 3 aromatic rings. The summed E-state index contributed by atoms with van der Waals surface area (Å²) in [6, 6.07) is 6.78. The number of para-hydroxylation sites is 1. The number of aryl methyl sites for hydroxylation is 1. The molecule has 170 valence electrons. The van der Waals surface area contributed by atoms with Gasteiger partial charge in [0.1, 0.15) is 11.3 Å². The molecule has 0 amide bonds. The van der Waals surface area contributed by atoms with E-state index in [1.165, 1.54) is 0 Å². The van der Waals surface area contributed by atoms with E-state index in [9.17, 15) is 9.90 Å². The zero-order valence-corrected chi connectivity index (χ0v) is 18.9. The average Bonchev–Trinajstić information content (AvgIpc) is 3.31. The Bertz CT molecular complexity index is 1140. The van der Waals surface area contributed by atoms with Gasteiger partial charge in [-0.05, 0) is 45.2 Å². The minimum Gasteiger partial charge on any atom is -0.478 e. The first kappa shape index (κ1) is 22.2. The highest BCUT2D eigenvalue weighted by atomic mass is 16.5. The zero-order chi connectivity index (χ0) is 22.9. The van der Waals surface area contributed by atoms with E-state index < -0.39 is 12.0 Å². The monoisotopic (exact) mass is 437 g/mol. The minimum atomic E-state index is -1.03. The van der Waals surface area contributed by atoms with Crippen molar-refractivity contribution in [3.63, 3.8) is 0 Å². The van der Waals surface area contributed by atoms with Crippen molar-refractivity contribution in [3.05, 3.63) is 41.2 Å². The summed E-state index contributed by atoms with van der Waals surface area (Å²) in [6.07, 6.45) is 4.18. The molecule has 1 unspecified atom stereocenters. The third kappa shape index (κ3) is 4.61. The zero-order valence-electron chi connectivity index (χ0n) is 18.9. The third-order valence-electron chi connectivity index (χ3n) is 5.97. The number of anilines is 1. The number of aromatic nitrogens is 3. The van der Waals surface area contributed by atoms with Gasteiger partial charge >= 0.3 is 5.97 Å². The van der Waals surface area contributed by atoms with E-state index in [1.54, 1.807) is 6.07 Å². The molecule has 8 heteroatoms. The van der Waals surface area contributed by atoms with Crippen LogP contribution >= 0.6 is 0 Å². The second kappa shape index (κ2) is 8.88. The first-order valence-corrected chi connectivity index (χ1v) is 11.2. The molecule has 2 aromatic heterocycles. The van der Waals surface area contributed by atoms with Gasteiger partial charge in [0.05, 0.1) is 29.4 Å². The predicted molar refractivity (Wildman–Crippen MR) is 125 cm³/mol. The Morgan fingerprint density at radius 3 is 2.84 bits per heavy atom. The highest BCUT2D eigenvalue weighted by Gasteiger charge is 2.38. The SMILES string of the molecule is CCCCOCC(N)c1[nH]c(-c2cccc3nc(C)c(NC4(C)CC4)nc23)cc1C(=O)O. The van der Waals surface area contributed by atoms with Crippen LogP contribution in [-0.4, -0.2) is 44.8 Å². The number of nitrogens with one attached hydrogen (secondary N) is 2. The second-order valence-corrected chi connectivity index (χ2v) is 8.87. The van der Waals surface area contributed by atoms with Crippen molar-refractivity contribution in [2.45, 2.75) is 58.0 Å². The number of unbranched alkanes of at least 4 members (excludes halogenated alkanes) is 1. The van der Waals surface area contributed by atoms with Gasteiger partial charge in [0.2, 0.25) is 0 Å². The summed E-state index contributed by atoms with van der Waals surface area (Å²) in [7, 11) is 0. The largest absolute Gasteiger partial charge is 0.478 e. The number of benzene rings is 1.